The van der Waals surface area contributed by atoms with Gasteiger partial charge in [0.05, 0.1) is 5.56 Å². The Morgan fingerprint density at radius 3 is 2.55 bits per heavy atom. The number of amides is 1. The highest BCUT2D eigenvalue weighted by atomic mass is 16.2. The number of benzene rings is 1. The van der Waals surface area contributed by atoms with Gasteiger partial charge in [0.15, 0.2) is 0 Å². The zero-order valence-corrected chi connectivity index (χ0v) is 17.6. The summed E-state index contributed by atoms with van der Waals surface area (Å²) in [6, 6.07) is 12.9. The molecular weight excluding hydrogens is 360 g/mol. The largest absolute Gasteiger partial charge is 0.382 e. The summed E-state index contributed by atoms with van der Waals surface area (Å²) in [4.78, 5) is 21.7. The summed E-state index contributed by atoms with van der Waals surface area (Å²) < 4.78 is 0. The third-order valence-electron chi connectivity index (χ3n) is 6.26. The minimum absolute atomic E-state index is 0.122. The summed E-state index contributed by atoms with van der Waals surface area (Å²) >= 11 is 0. The molecule has 29 heavy (non-hydrogen) atoms. The molecule has 5 heteroatoms. The average molecular weight is 393 g/mol. The van der Waals surface area contributed by atoms with Crippen LogP contribution in [-0.2, 0) is 0 Å². The zero-order chi connectivity index (χ0) is 20.2. The average Bonchev–Trinajstić information content (AvgIpc) is 2.75. The number of hydrogen-bond acceptors (Lipinski definition) is 4. The summed E-state index contributed by atoms with van der Waals surface area (Å²) in [5.74, 6) is 1.69. The van der Waals surface area contributed by atoms with Crippen molar-refractivity contribution in [3.8, 4) is 0 Å². The van der Waals surface area contributed by atoms with Crippen LogP contribution in [0.1, 0.15) is 48.5 Å². The SMILES string of the molecule is Cc1ccccc1NC1CCN(c2ccc(C(=O)N3CCC[C@@H](C)C3)cn2)CC1. The van der Waals surface area contributed by atoms with Crippen molar-refractivity contribution in [2.24, 2.45) is 5.92 Å². The van der Waals surface area contributed by atoms with Gasteiger partial charge in [-0.25, -0.2) is 4.98 Å². The summed E-state index contributed by atoms with van der Waals surface area (Å²) in [5, 5.41) is 3.69. The number of nitrogens with one attached hydrogen (secondary N) is 1. The van der Waals surface area contributed by atoms with Crippen LogP contribution in [0, 0.1) is 12.8 Å². The van der Waals surface area contributed by atoms with Crippen LogP contribution in [0.15, 0.2) is 42.6 Å². The van der Waals surface area contributed by atoms with Crippen LogP contribution in [0.25, 0.3) is 0 Å². The lowest BCUT2D eigenvalue weighted by Crippen LogP contribution is -2.40. The Morgan fingerprint density at radius 2 is 1.86 bits per heavy atom. The molecule has 1 aromatic carbocycles. The first-order valence-electron chi connectivity index (χ1n) is 10.9. The monoisotopic (exact) mass is 392 g/mol. The van der Waals surface area contributed by atoms with E-state index >= 15 is 0 Å². The second-order valence-corrected chi connectivity index (χ2v) is 8.62. The number of carbonyl (C=O) groups is 1. The number of anilines is 2. The van der Waals surface area contributed by atoms with Crippen LogP contribution >= 0.6 is 0 Å². The Kier molecular flexibility index (Phi) is 6.02. The molecule has 2 aliphatic heterocycles. The van der Waals surface area contributed by atoms with Crippen LogP contribution in [0.5, 0.6) is 0 Å². The van der Waals surface area contributed by atoms with E-state index in [9.17, 15) is 4.79 Å². The molecule has 0 saturated carbocycles. The maximum atomic E-state index is 12.7. The molecule has 1 atom stereocenters. The number of pyridine rings is 1. The van der Waals surface area contributed by atoms with E-state index in [1.165, 1.54) is 17.7 Å². The molecule has 154 valence electrons. The van der Waals surface area contributed by atoms with Gasteiger partial charge in [0.1, 0.15) is 5.82 Å². The van der Waals surface area contributed by atoms with Crippen LogP contribution < -0.4 is 10.2 Å². The summed E-state index contributed by atoms with van der Waals surface area (Å²) in [7, 11) is 0. The Hall–Kier alpha value is -2.56. The Bertz CT molecular complexity index is 827. The number of nitrogens with zero attached hydrogens (tertiary/aromatic N) is 3. The van der Waals surface area contributed by atoms with Crippen LogP contribution in [-0.4, -0.2) is 48.0 Å². The normalized spacial score (nSPS) is 20.6. The second kappa shape index (κ2) is 8.85. The topological polar surface area (TPSA) is 48.5 Å². The third kappa shape index (κ3) is 4.72. The summed E-state index contributed by atoms with van der Waals surface area (Å²) in [5.41, 5.74) is 3.23. The molecular formula is C24H32N4O. The first kappa shape index (κ1) is 19.7. The van der Waals surface area contributed by atoms with E-state index in [0.29, 0.717) is 17.5 Å². The molecule has 0 radical (unpaired) electrons. The molecule has 1 amide bonds. The predicted molar refractivity (Wildman–Crippen MR) is 119 cm³/mol. The highest BCUT2D eigenvalue weighted by Crippen LogP contribution is 2.23. The third-order valence-corrected chi connectivity index (χ3v) is 6.26. The fourth-order valence-corrected chi connectivity index (χ4v) is 4.46. The van der Waals surface area contributed by atoms with Gasteiger partial charge in [-0.2, -0.15) is 0 Å². The lowest BCUT2D eigenvalue weighted by Gasteiger charge is -2.34. The van der Waals surface area contributed by atoms with Crippen molar-refractivity contribution in [2.75, 3.05) is 36.4 Å². The maximum absolute atomic E-state index is 12.7. The van der Waals surface area contributed by atoms with Gasteiger partial charge < -0.3 is 15.1 Å². The van der Waals surface area contributed by atoms with E-state index < -0.39 is 0 Å². The molecule has 1 N–H and O–H groups in total. The van der Waals surface area contributed by atoms with Crippen molar-refractivity contribution in [1.29, 1.82) is 0 Å². The van der Waals surface area contributed by atoms with Gasteiger partial charge in [0.25, 0.3) is 5.91 Å². The molecule has 5 nitrogen and oxygen atoms in total. The first-order valence-corrected chi connectivity index (χ1v) is 10.9. The van der Waals surface area contributed by atoms with E-state index in [-0.39, 0.29) is 5.91 Å². The van der Waals surface area contributed by atoms with Gasteiger partial charge in [-0.1, -0.05) is 25.1 Å². The molecule has 2 fully saturated rings. The molecule has 2 aromatic rings. The minimum Gasteiger partial charge on any atom is -0.382 e. The number of likely N-dealkylation sites (tertiary alicyclic amines) is 1. The van der Waals surface area contributed by atoms with Crippen LogP contribution in [0.2, 0.25) is 0 Å². The molecule has 2 saturated heterocycles. The maximum Gasteiger partial charge on any atom is 0.255 e. The van der Waals surface area contributed by atoms with E-state index in [1.54, 1.807) is 6.20 Å². The number of carbonyl (C=O) groups excluding carboxylic acids is 1. The van der Waals surface area contributed by atoms with E-state index in [2.05, 4.69) is 53.3 Å². The Labute approximate surface area is 174 Å². The first-order chi connectivity index (χ1) is 14.1. The molecule has 0 spiro atoms. The smallest absolute Gasteiger partial charge is 0.255 e. The van der Waals surface area contributed by atoms with E-state index in [4.69, 9.17) is 0 Å². The number of aryl methyl sites for hydroxylation is 1. The lowest BCUT2D eigenvalue weighted by atomic mass is 10.00. The van der Waals surface area contributed by atoms with Gasteiger partial charge in [-0.3, -0.25) is 4.79 Å². The van der Waals surface area contributed by atoms with Crippen LogP contribution in [0.3, 0.4) is 0 Å². The molecule has 3 heterocycles. The Balaban J connectivity index is 1.32. The molecule has 1 aromatic heterocycles. The fraction of sp³-hybridized carbons (Fsp3) is 0.500. The molecule has 0 unspecified atom stereocenters. The summed E-state index contributed by atoms with van der Waals surface area (Å²) in [6.07, 6.45) is 6.25. The van der Waals surface area contributed by atoms with Gasteiger partial charge >= 0.3 is 0 Å². The number of para-hydroxylation sites is 1. The predicted octanol–water partition coefficient (Wildman–Crippen LogP) is 4.34. The highest BCUT2D eigenvalue weighted by Gasteiger charge is 2.23. The number of rotatable bonds is 4. The molecule has 2 aliphatic rings. The highest BCUT2D eigenvalue weighted by molar-refractivity contribution is 5.94. The van der Waals surface area contributed by atoms with Crippen molar-refractivity contribution >= 4 is 17.4 Å². The van der Waals surface area contributed by atoms with Crippen molar-refractivity contribution in [3.63, 3.8) is 0 Å². The van der Waals surface area contributed by atoms with Crippen LogP contribution in [0.4, 0.5) is 11.5 Å². The fourth-order valence-electron chi connectivity index (χ4n) is 4.46. The number of piperidine rings is 2. The zero-order valence-electron chi connectivity index (χ0n) is 17.6. The van der Waals surface area contributed by atoms with Crippen molar-refractivity contribution in [2.45, 2.75) is 45.6 Å². The molecule has 4 rings (SSSR count). The van der Waals surface area contributed by atoms with E-state index in [1.807, 2.05) is 17.0 Å². The summed E-state index contributed by atoms with van der Waals surface area (Å²) in [6.45, 7) is 8.06. The Morgan fingerprint density at radius 1 is 1.07 bits per heavy atom. The second-order valence-electron chi connectivity index (χ2n) is 8.62. The number of aromatic nitrogens is 1. The van der Waals surface area contributed by atoms with Gasteiger partial charge in [0.2, 0.25) is 0 Å². The minimum atomic E-state index is 0.122. The van der Waals surface area contributed by atoms with E-state index in [0.717, 1.165) is 51.3 Å². The molecule has 0 bridgehead atoms. The number of hydrogen-bond donors (Lipinski definition) is 1. The molecule has 0 aliphatic carbocycles. The standard InChI is InChI=1S/C24H32N4O/c1-18-6-5-13-28(17-18)24(29)20-9-10-23(25-16-20)27-14-11-21(12-15-27)26-22-8-4-3-7-19(22)2/h3-4,7-10,16,18,21,26H,5-6,11-15,17H2,1-2H3/t18-/m1/s1. The van der Waals surface area contributed by atoms with Gasteiger partial charge in [-0.15, -0.1) is 0 Å². The van der Waals surface area contributed by atoms with Gasteiger partial charge in [-0.05, 0) is 62.3 Å². The van der Waals surface area contributed by atoms with Crippen molar-refractivity contribution in [3.05, 3.63) is 53.7 Å². The van der Waals surface area contributed by atoms with Gasteiger partial charge in [0, 0.05) is 44.1 Å². The quantitative estimate of drug-likeness (QED) is 0.841. The van der Waals surface area contributed by atoms with Crippen molar-refractivity contribution in [1.82, 2.24) is 9.88 Å². The van der Waals surface area contributed by atoms with Crippen molar-refractivity contribution < 1.29 is 4.79 Å². The lowest BCUT2D eigenvalue weighted by molar-refractivity contribution is 0.0682.